The average molecular weight is 741 g/mol. The first-order chi connectivity index (χ1) is 24.8. The van der Waals surface area contributed by atoms with E-state index < -0.39 is 101 Å². The van der Waals surface area contributed by atoms with Gasteiger partial charge in [0.05, 0.1) is 18.2 Å². The topological polar surface area (TPSA) is 218 Å². The molecule has 15 heteroatoms. The molecule has 3 fully saturated rings. The van der Waals surface area contributed by atoms with Crippen LogP contribution < -0.4 is 21.3 Å². The molecule has 1 aromatic carbocycles. The van der Waals surface area contributed by atoms with Crippen molar-refractivity contribution < 1.29 is 44.1 Å². The Morgan fingerprint density at radius 2 is 1.45 bits per heavy atom. The number of fused-ring (bicyclic) bond motifs is 6. The quantitative estimate of drug-likeness (QED) is 0.220. The molecule has 5 rings (SSSR count). The number of nitrogens with zero attached hydrogens (tertiary/aromatic N) is 2. The second-order valence-electron chi connectivity index (χ2n) is 16.4. The zero-order valence-corrected chi connectivity index (χ0v) is 31.7. The minimum Gasteiger partial charge on any atom is -0.393 e. The molecule has 5 amide bonds. The summed E-state index contributed by atoms with van der Waals surface area (Å²) in [4.78, 5) is 87.9. The molecule has 4 aliphatic rings. The molecule has 4 heterocycles. The Bertz CT molecular complexity index is 1600. The highest BCUT2D eigenvalue weighted by atomic mass is 16.3. The SMILES string of the molecule is CC(C)C[C@@H]1NC(=O)[C@H]2C[C@@H](O)CCN2C(=O)[C@H](C(C)C)CC(=O)[C@@H](C(C)C)NC(=O)[C@@H]2C[C@@]3(O)c4ccccc4N[C@H]3N2C(=O)[C@@H]([C@H](C)O)NC1=O. The van der Waals surface area contributed by atoms with Crippen LogP contribution in [0.1, 0.15) is 86.1 Å². The van der Waals surface area contributed by atoms with Gasteiger partial charge in [-0.25, -0.2) is 0 Å². The van der Waals surface area contributed by atoms with Crippen molar-refractivity contribution in [1.29, 1.82) is 0 Å². The number of carbonyl (C=O) groups is 6. The van der Waals surface area contributed by atoms with Crippen molar-refractivity contribution in [1.82, 2.24) is 25.8 Å². The number of rotatable bonds is 5. The smallest absolute Gasteiger partial charge is 0.250 e. The van der Waals surface area contributed by atoms with Gasteiger partial charge in [0.15, 0.2) is 5.78 Å². The zero-order valence-electron chi connectivity index (χ0n) is 31.7. The maximum atomic E-state index is 14.6. The number of anilines is 1. The lowest BCUT2D eigenvalue weighted by Gasteiger charge is -2.40. The number of ketones is 1. The van der Waals surface area contributed by atoms with Crippen LogP contribution in [0.15, 0.2) is 24.3 Å². The van der Waals surface area contributed by atoms with Crippen LogP contribution in [-0.4, -0.2) is 116 Å². The number of amides is 5. The molecule has 0 aromatic heterocycles. The molecule has 7 N–H and O–H groups in total. The molecule has 10 atom stereocenters. The summed E-state index contributed by atoms with van der Waals surface area (Å²) in [6, 6.07) is 0.532. The second-order valence-corrected chi connectivity index (χ2v) is 16.4. The van der Waals surface area contributed by atoms with Crippen molar-refractivity contribution >= 4 is 41.0 Å². The standard InChI is InChI=1S/C38H56N6O9/c1-18(2)14-26-32(48)42-31(21(7)45)36(52)44-28(17-38(53)24-10-8-9-11-25(24)40-37(38)44)34(50)41-30(20(5)6)29(47)16-23(19(3)4)35(51)43-13-12-22(46)15-27(43)33(49)39-26/h8-11,18-23,26-28,30-31,37,40,45-46,53H,12-17H2,1-7H3,(H,39,49)(H,41,50)(H,42,48)/t21-,22-,23-,26-,27+,28-,30+,31+,37-,38+/m0/s1. The van der Waals surface area contributed by atoms with Gasteiger partial charge in [0.2, 0.25) is 29.5 Å². The van der Waals surface area contributed by atoms with E-state index in [0.717, 1.165) is 4.90 Å². The maximum Gasteiger partial charge on any atom is 0.250 e. The Morgan fingerprint density at radius 1 is 0.811 bits per heavy atom. The lowest BCUT2D eigenvalue weighted by molar-refractivity contribution is -0.151. The van der Waals surface area contributed by atoms with Gasteiger partial charge >= 0.3 is 0 Å². The van der Waals surface area contributed by atoms with Gasteiger partial charge in [0.25, 0.3) is 0 Å². The molecule has 3 saturated heterocycles. The van der Waals surface area contributed by atoms with Gasteiger partial charge in [-0.2, -0.15) is 0 Å². The number of piperidine rings is 1. The van der Waals surface area contributed by atoms with E-state index in [1.54, 1.807) is 52.0 Å². The van der Waals surface area contributed by atoms with Crippen molar-refractivity contribution in [2.24, 2.45) is 23.7 Å². The second kappa shape index (κ2) is 15.7. The van der Waals surface area contributed by atoms with Crippen LogP contribution in [0.5, 0.6) is 0 Å². The van der Waals surface area contributed by atoms with Crippen molar-refractivity contribution in [3.63, 3.8) is 0 Å². The van der Waals surface area contributed by atoms with Crippen molar-refractivity contribution in [3.05, 3.63) is 29.8 Å². The van der Waals surface area contributed by atoms with E-state index in [-0.39, 0.29) is 50.5 Å². The van der Waals surface area contributed by atoms with E-state index in [4.69, 9.17) is 0 Å². The first-order valence-electron chi connectivity index (χ1n) is 18.9. The average Bonchev–Trinajstić information content (AvgIpc) is 3.54. The fourth-order valence-electron chi connectivity index (χ4n) is 8.26. The summed E-state index contributed by atoms with van der Waals surface area (Å²) < 4.78 is 0. The largest absolute Gasteiger partial charge is 0.393 e. The molecule has 0 spiro atoms. The lowest BCUT2D eigenvalue weighted by atomic mass is 9.84. The van der Waals surface area contributed by atoms with Crippen LogP contribution in [0, 0.1) is 23.7 Å². The summed E-state index contributed by atoms with van der Waals surface area (Å²) in [6.45, 7) is 12.1. The molecule has 0 aliphatic carbocycles. The normalized spacial score (nSPS) is 33.7. The summed E-state index contributed by atoms with van der Waals surface area (Å²) in [5, 5.41) is 45.1. The highest BCUT2D eigenvalue weighted by molar-refractivity contribution is 5.99. The van der Waals surface area contributed by atoms with E-state index in [2.05, 4.69) is 21.3 Å². The van der Waals surface area contributed by atoms with Gasteiger partial charge in [-0.3, -0.25) is 28.8 Å². The summed E-state index contributed by atoms with van der Waals surface area (Å²) >= 11 is 0. The van der Waals surface area contributed by atoms with Gasteiger partial charge in [0.1, 0.15) is 35.9 Å². The zero-order chi connectivity index (χ0) is 39.1. The fraction of sp³-hybridized carbons (Fsp3) is 0.684. The van der Waals surface area contributed by atoms with Crippen molar-refractivity contribution in [2.45, 2.75) is 135 Å². The molecule has 0 radical (unpaired) electrons. The Morgan fingerprint density at radius 3 is 2.08 bits per heavy atom. The number of carbonyl (C=O) groups excluding carboxylic acids is 6. The highest BCUT2D eigenvalue weighted by Gasteiger charge is 2.61. The van der Waals surface area contributed by atoms with E-state index in [1.165, 1.54) is 11.8 Å². The third kappa shape index (κ3) is 7.92. The molecule has 0 saturated carbocycles. The molecule has 0 unspecified atom stereocenters. The van der Waals surface area contributed by atoms with Gasteiger partial charge in [-0.1, -0.05) is 59.7 Å². The number of hydrogen-bond acceptors (Lipinski definition) is 10. The summed E-state index contributed by atoms with van der Waals surface area (Å²) in [5.41, 5.74) is -0.730. The predicted molar refractivity (Wildman–Crippen MR) is 193 cm³/mol. The molecular weight excluding hydrogens is 684 g/mol. The summed E-state index contributed by atoms with van der Waals surface area (Å²) in [7, 11) is 0. The monoisotopic (exact) mass is 740 g/mol. The Hall–Kier alpha value is -4.08. The lowest BCUT2D eigenvalue weighted by Crippen LogP contribution is -2.64. The molecule has 4 aliphatic heterocycles. The van der Waals surface area contributed by atoms with Crippen LogP contribution in [0.2, 0.25) is 0 Å². The van der Waals surface area contributed by atoms with Crippen molar-refractivity contribution in [2.75, 3.05) is 11.9 Å². The Balaban J connectivity index is 1.61. The van der Waals surface area contributed by atoms with Gasteiger partial charge in [-0.05, 0) is 43.6 Å². The molecule has 15 nitrogen and oxygen atoms in total. The highest BCUT2D eigenvalue weighted by Crippen LogP contribution is 2.49. The number of hydrogen-bond donors (Lipinski definition) is 7. The minimum absolute atomic E-state index is 0.0538. The Kier molecular flexibility index (Phi) is 11.9. The summed E-state index contributed by atoms with van der Waals surface area (Å²) in [6.07, 6.45) is -3.76. The van der Waals surface area contributed by atoms with Crippen LogP contribution >= 0.6 is 0 Å². The van der Waals surface area contributed by atoms with E-state index in [9.17, 15) is 44.1 Å². The fourth-order valence-corrected chi connectivity index (χ4v) is 8.26. The van der Waals surface area contributed by atoms with Crippen LogP contribution in [-0.2, 0) is 34.4 Å². The number of aliphatic hydroxyl groups is 3. The van der Waals surface area contributed by atoms with Crippen LogP contribution in [0.25, 0.3) is 0 Å². The third-order valence-corrected chi connectivity index (χ3v) is 11.2. The maximum absolute atomic E-state index is 14.6. The van der Waals surface area contributed by atoms with E-state index in [0.29, 0.717) is 11.3 Å². The molecule has 1 aromatic rings. The van der Waals surface area contributed by atoms with Gasteiger partial charge in [-0.15, -0.1) is 0 Å². The Labute approximate surface area is 310 Å². The summed E-state index contributed by atoms with van der Waals surface area (Å²) in [5.74, 6) is -5.62. The number of nitrogens with one attached hydrogen (secondary N) is 4. The van der Waals surface area contributed by atoms with Crippen LogP contribution in [0.3, 0.4) is 0 Å². The predicted octanol–water partition coefficient (Wildman–Crippen LogP) is 0.361. The molecule has 53 heavy (non-hydrogen) atoms. The first-order valence-corrected chi connectivity index (χ1v) is 18.9. The number of benzene rings is 1. The van der Waals surface area contributed by atoms with Gasteiger partial charge in [0, 0.05) is 43.0 Å². The van der Waals surface area contributed by atoms with Gasteiger partial charge < -0.3 is 46.4 Å². The van der Waals surface area contributed by atoms with Crippen LogP contribution in [0.4, 0.5) is 5.69 Å². The number of para-hydroxylation sites is 1. The molecule has 292 valence electrons. The van der Waals surface area contributed by atoms with E-state index >= 15 is 0 Å². The number of Topliss-reactive ketones (excluding diaryl/α,β-unsaturated/α-hetero) is 1. The number of aliphatic hydroxyl groups excluding tert-OH is 2. The first kappa shape index (κ1) is 40.1. The molecule has 0 bridgehead atoms. The van der Waals surface area contributed by atoms with Crippen molar-refractivity contribution in [3.8, 4) is 0 Å². The van der Waals surface area contributed by atoms with E-state index in [1.807, 2.05) is 13.8 Å². The molecular formula is C38H56N6O9. The third-order valence-electron chi connectivity index (χ3n) is 11.2. The minimum atomic E-state index is -1.74.